The number of aliphatic imine (C=N–C) groups is 1. The van der Waals surface area contributed by atoms with Crippen LogP contribution in [-0.4, -0.2) is 73.0 Å². The highest BCUT2D eigenvalue weighted by Gasteiger charge is 2.29. The molecular formula is C22H31IN6O3. The van der Waals surface area contributed by atoms with Gasteiger partial charge in [0.2, 0.25) is 5.91 Å². The standard InChI is InChI=1S/C22H30N6O3.HI/c1-22(2,16-5-6-18-19(11-16)31-10-9-30-18)15-24-21(23-3)27-7-8-28(20(29)14-27)17-12-25-26(4)13-17;/h5-6,11-13H,7-10,14-15H2,1-4H3,(H,23,24);1H. The Balaban J connectivity index is 0.00000289. The molecule has 0 saturated carbocycles. The average Bonchev–Trinajstić information content (AvgIpc) is 3.19. The van der Waals surface area contributed by atoms with Crippen molar-refractivity contribution >= 4 is 41.5 Å². The molecule has 2 aliphatic rings. The van der Waals surface area contributed by atoms with E-state index in [0.29, 0.717) is 32.8 Å². The normalized spacial score (nSPS) is 16.6. The molecule has 174 valence electrons. The van der Waals surface area contributed by atoms with E-state index in [-0.39, 0.29) is 41.8 Å². The van der Waals surface area contributed by atoms with Gasteiger partial charge in [-0.3, -0.25) is 14.5 Å². The number of amides is 1. The van der Waals surface area contributed by atoms with Crippen molar-refractivity contribution < 1.29 is 14.3 Å². The van der Waals surface area contributed by atoms with Crippen LogP contribution in [0.2, 0.25) is 0 Å². The zero-order valence-electron chi connectivity index (χ0n) is 19.0. The minimum atomic E-state index is -0.173. The van der Waals surface area contributed by atoms with Crippen LogP contribution >= 0.6 is 24.0 Å². The van der Waals surface area contributed by atoms with Gasteiger partial charge in [-0.1, -0.05) is 19.9 Å². The smallest absolute Gasteiger partial charge is 0.246 e. The molecule has 1 N–H and O–H groups in total. The van der Waals surface area contributed by atoms with Gasteiger partial charge in [0, 0.05) is 45.3 Å². The second-order valence-corrected chi connectivity index (χ2v) is 8.48. The number of piperazine rings is 1. The number of benzene rings is 1. The number of nitrogens with one attached hydrogen (secondary N) is 1. The molecule has 1 aromatic carbocycles. The molecule has 0 radical (unpaired) electrons. The van der Waals surface area contributed by atoms with Crippen LogP contribution in [0.4, 0.5) is 5.69 Å². The number of guanidine groups is 1. The molecule has 0 unspecified atom stereocenters. The van der Waals surface area contributed by atoms with Crippen molar-refractivity contribution in [3.63, 3.8) is 0 Å². The molecule has 0 atom stereocenters. The monoisotopic (exact) mass is 554 g/mol. The van der Waals surface area contributed by atoms with Crippen molar-refractivity contribution in [1.29, 1.82) is 0 Å². The molecule has 3 heterocycles. The number of hydrogen-bond acceptors (Lipinski definition) is 5. The lowest BCUT2D eigenvalue weighted by atomic mass is 9.84. The maximum atomic E-state index is 12.7. The van der Waals surface area contributed by atoms with Crippen LogP contribution in [0.25, 0.3) is 0 Å². The van der Waals surface area contributed by atoms with E-state index >= 15 is 0 Å². The van der Waals surface area contributed by atoms with Gasteiger partial charge in [0.05, 0.1) is 11.9 Å². The maximum Gasteiger partial charge on any atom is 0.246 e. The number of nitrogens with zero attached hydrogens (tertiary/aromatic N) is 5. The Morgan fingerprint density at radius 1 is 1.22 bits per heavy atom. The molecule has 4 rings (SSSR count). The number of aryl methyl sites for hydroxylation is 1. The molecule has 1 fully saturated rings. The van der Waals surface area contributed by atoms with Gasteiger partial charge in [-0.05, 0) is 17.7 Å². The van der Waals surface area contributed by atoms with Crippen molar-refractivity contribution in [3.8, 4) is 11.5 Å². The lowest BCUT2D eigenvalue weighted by Gasteiger charge is -2.36. The second kappa shape index (κ2) is 9.97. The van der Waals surface area contributed by atoms with Crippen LogP contribution in [0.5, 0.6) is 11.5 Å². The van der Waals surface area contributed by atoms with Gasteiger partial charge in [-0.2, -0.15) is 5.10 Å². The summed E-state index contributed by atoms with van der Waals surface area (Å²) in [5.74, 6) is 2.34. The largest absolute Gasteiger partial charge is 0.486 e. The topological polar surface area (TPSA) is 84.2 Å². The maximum absolute atomic E-state index is 12.7. The fourth-order valence-corrected chi connectivity index (χ4v) is 3.87. The van der Waals surface area contributed by atoms with Crippen molar-refractivity contribution in [2.24, 2.45) is 12.0 Å². The van der Waals surface area contributed by atoms with Crippen molar-refractivity contribution in [2.75, 3.05) is 51.3 Å². The van der Waals surface area contributed by atoms with Gasteiger partial charge in [-0.25, -0.2) is 0 Å². The molecule has 1 saturated heterocycles. The van der Waals surface area contributed by atoms with E-state index in [1.165, 1.54) is 0 Å². The van der Waals surface area contributed by atoms with Gasteiger partial charge in [-0.15, -0.1) is 24.0 Å². The summed E-state index contributed by atoms with van der Waals surface area (Å²) in [7, 11) is 3.59. The molecule has 2 aliphatic heterocycles. The fourth-order valence-electron chi connectivity index (χ4n) is 3.87. The summed E-state index contributed by atoms with van der Waals surface area (Å²) < 4.78 is 13.1. The van der Waals surface area contributed by atoms with Crippen molar-refractivity contribution in [1.82, 2.24) is 20.0 Å². The Morgan fingerprint density at radius 3 is 2.62 bits per heavy atom. The number of carbonyl (C=O) groups excluding carboxylic acids is 1. The molecule has 32 heavy (non-hydrogen) atoms. The van der Waals surface area contributed by atoms with Crippen molar-refractivity contribution in [2.45, 2.75) is 19.3 Å². The van der Waals surface area contributed by atoms with Gasteiger partial charge in [0.15, 0.2) is 17.5 Å². The second-order valence-electron chi connectivity index (χ2n) is 8.48. The number of ether oxygens (including phenoxy) is 2. The van der Waals surface area contributed by atoms with Crippen LogP contribution in [0.1, 0.15) is 19.4 Å². The molecule has 10 heteroatoms. The molecule has 1 aromatic heterocycles. The van der Waals surface area contributed by atoms with Crippen LogP contribution in [0.3, 0.4) is 0 Å². The van der Waals surface area contributed by atoms with Crippen LogP contribution in [-0.2, 0) is 17.3 Å². The third kappa shape index (κ3) is 5.11. The first-order valence-electron chi connectivity index (χ1n) is 10.5. The van der Waals surface area contributed by atoms with E-state index in [0.717, 1.165) is 28.7 Å². The number of aromatic nitrogens is 2. The van der Waals surface area contributed by atoms with Crippen molar-refractivity contribution in [3.05, 3.63) is 36.2 Å². The fraction of sp³-hybridized carbons (Fsp3) is 0.500. The number of anilines is 1. The summed E-state index contributed by atoms with van der Waals surface area (Å²) in [6, 6.07) is 6.10. The number of fused-ring (bicyclic) bond motifs is 1. The lowest BCUT2D eigenvalue weighted by Crippen LogP contribution is -2.56. The van der Waals surface area contributed by atoms with Gasteiger partial charge in [0.1, 0.15) is 19.8 Å². The zero-order valence-corrected chi connectivity index (χ0v) is 21.3. The molecule has 2 aromatic rings. The van der Waals surface area contributed by atoms with Crippen LogP contribution in [0.15, 0.2) is 35.6 Å². The number of rotatable bonds is 4. The summed E-state index contributed by atoms with van der Waals surface area (Å²) in [4.78, 5) is 20.9. The highest BCUT2D eigenvalue weighted by molar-refractivity contribution is 14.0. The summed E-state index contributed by atoms with van der Waals surface area (Å²) in [5.41, 5.74) is 1.81. The number of halogens is 1. The van der Waals surface area contributed by atoms with Gasteiger partial charge in [0.25, 0.3) is 0 Å². The first kappa shape index (κ1) is 24.1. The third-order valence-electron chi connectivity index (χ3n) is 5.75. The van der Waals surface area contributed by atoms with E-state index < -0.39 is 0 Å². The highest BCUT2D eigenvalue weighted by Crippen LogP contribution is 2.35. The van der Waals surface area contributed by atoms with Crippen LogP contribution < -0.4 is 19.7 Å². The molecule has 1 amide bonds. The van der Waals surface area contributed by atoms with E-state index in [1.807, 2.05) is 24.2 Å². The predicted molar refractivity (Wildman–Crippen MR) is 134 cm³/mol. The molecule has 9 nitrogen and oxygen atoms in total. The Kier molecular flexibility index (Phi) is 7.52. The minimum Gasteiger partial charge on any atom is -0.486 e. The molecule has 0 spiro atoms. The zero-order chi connectivity index (χ0) is 22.0. The Bertz CT molecular complexity index is 990. The average molecular weight is 554 g/mol. The molecule has 0 aliphatic carbocycles. The summed E-state index contributed by atoms with van der Waals surface area (Å²) >= 11 is 0. The van der Waals surface area contributed by atoms with E-state index in [9.17, 15) is 4.79 Å². The minimum absolute atomic E-state index is 0. The molecule has 0 bridgehead atoms. The predicted octanol–water partition coefficient (Wildman–Crippen LogP) is 2.01. The van der Waals surface area contributed by atoms with Crippen LogP contribution in [0, 0.1) is 0 Å². The third-order valence-corrected chi connectivity index (χ3v) is 5.75. The Labute approximate surface area is 205 Å². The number of hydrogen-bond donors (Lipinski definition) is 1. The van der Waals surface area contributed by atoms with Gasteiger partial charge >= 0.3 is 0 Å². The first-order valence-corrected chi connectivity index (χ1v) is 10.5. The van der Waals surface area contributed by atoms with E-state index in [1.54, 1.807) is 22.8 Å². The highest BCUT2D eigenvalue weighted by atomic mass is 127. The first-order chi connectivity index (χ1) is 14.9. The molecular weight excluding hydrogens is 523 g/mol. The van der Waals surface area contributed by atoms with Gasteiger partial charge < -0.3 is 24.6 Å². The lowest BCUT2D eigenvalue weighted by molar-refractivity contribution is -0.120. The van der Waals surface area contributed by atoms with E-state index in [4.69, 9.17) is 9.47 Å². The summed E-state index contributed by atoms with van der Waals surface area (Å²) in [5, 5.41) is 7.62. The Hall–Kier alpha value is -2.50. The number of carbonyl (C=O) groups is 1. The summed E-state index contributed by atoms with van der Waals surface area (Å²) in [6.07, 6.45) is 3.58. The quantitative estimate of drug-likeness (QED) is 0.354. The van der Waals surface area contributed by atoms with E-state index in [2.05, 4.69) is 41.4 Å². The summed E-state index contributed by atoms with van der Waals surface area (Å²) in [6.45, 7) is 7.73. The Morgan fingerprint density at radius 2 is 1.97 bits per heavy atom. The SMILES string of the molecule is CN=C(NCC(C)(C)c1ccc2c(c1)OCCO2)N1CCN(c2cnn(C)c2)C(=O)C1.I.